The standard InChI is InChI=1S/C28H39N3O/c1-21-25-13-9-10-14-26(25)31(20-24(32)19-29(2)3)27(21)22-15-17-28(18-16-22,30(4)5)23-11-7-6-8-12-23/h6-14,22,24,32H,15-20H2,1-5H3. The molecule has 4 nitrogen and oxygen atoms in total. The van der Waals surface area contributed by atoms with E-state index in [2.05, 4.69) is 90.0 Å². The summed E-state index contributed by atoms with van der Waals surface area (Å²) in [7, 11) is 8.50. The van der Waals surface area contributed by atoms with Gasteiger partial charge in [0.05, 0.1) is 12.6 Å². The molecule has 4 heteroatoms. The minimum Gasteiger partial charge on any atom is -0.390 e. The predicted octanol–water partition coefficient (Wildman–Crippen LogP) is 4.99. The molecule has 1 aliphatic carbocycles. The molecule has 0 saturated heterocycles. The first-order chi connectivity index (χ1) is 15.3. The Hall–Kier alpha value is -2.14. The van der Waals surface area contributed by atoms with Crippen LogP contribution in [0.3, 0.4) is 0 Å². The number of fused-ring (bicyclic) bond motifs is 1. The molecule has 0 radical (unpaired) electrons. The molecule has 3 aromatic rings. The van der Waals surface area contributed by atoms with Crippen LogP contribution in [0.1, 0.15) is 48.4 Å². The molecule has 1 fully saturated rings. The Morgan fingerprint density at radius 2 is 1.59 bits per heavy atom. The van der Waals surface area contributed by atoms with Crippen molar-refractivity contribution in [2.75, 3.05) is 34.7 Å². The van der Waals surface area contributed by atoms with Crippen LogP contribution in [0.25, 0.3) is 10.9 Å². The third kappa shape index (κ3) is 4.24. The summed E-state index contributed by atoms with van der Waals surface area (Å²) in [5.41, 5.74) is 5.61. The number of nitrogens with zero attached hydrogens (tertiary/aromatic N) is 3. The molecule has 1 aliphatic rings. The van der Waals surface area contributed by atoms with E-state index in [0.29, 0.717) is 19.0 Å². The summed E-state index contributed by atoms with van der Waals surface area (Å²) in [6, 6.07) is 19.7. The first kappa shape index (κ1) is 23.0. The number of aromatic nitrogens is 1. The van der Waals surface area contributed by atoms with E-state index in [9.17, 15) is 5.11 Å². The molecule has 172 valence electrons. The largest absolute Gasteiger partial charge is 0.390 e. The number of hydrogen-bond donors (Lipinski definition) is 1. The van der Waals surface area contributed by atoms with Gasteiger partial charge in [-0.25, -0.2) is 0 Å². The minimum absolute atomic E-state index is 0.104. The Kier molecular flexibility index (Phi) is 6.75. The van der Waals surface area contributed by atoms with E-state index in [1.807, 2.05) is 14.1 Å². The third-order valence-corrected chi connectivity index (χ3v) is 7.61. The first-order valence-electron chi connectivity index (χ1n) is 12.0. The highest BCUT2D eigenvalue weighted by Gasteiger charge is 2.40. The van der Waals surface area contributed by atoms with Crippen LogP contribution >= 0.6 is 0 Å². The summed E-state index contributed by atoms with van der Waals surface area (Å²) in [5.74, 6) is 0.519. The second kappa shape index (κ2) is 9.38. The highest BCUT2D eigenvalue weighted by molar-refractivity contribution is 5.85. The van der Waals surface area contributed by atoms with Gasteiger partial charge in [-0.15, -0.1) is 0 Å². The van der Waals surface area contributed by atoms with E-state index in [0.717, 1.165) is 25.7 Å². The van der Waals surface area contributed by atoms with Crippen LogP contribution in [0.15, 0.2) is 54.6 Å². The second-order valence-corrected chi connectivity index (χ2v) is 10.1. The maximum Gasteiger partial charge on any atom is 0.0845 e. The van der Waals surface area contributed by atoms with E-state index in [1.165, 1.54) is 27.7 Å². The Bertz CT molecular complexity index is 1030. The molecule has 0 bridgehead atoms. The summed E-state index contributed by atoms with van der Waals surface area (Å²) < 4.78 is 2.43. The maximum atomic E-state index is 10.8. The van der Waals surface area contributed by atoms with E-state index in [4.69, 9.17) is 0 Å². The molecule has 1 N–H and O–H groups in total. The van der Waals surface area contributed by atoms with Gasteiger partial charge in [0, 0.05) is 28.7 Å². The lowest BCUT2D eigenvalue weighted by atomic mass is 9.71. The normalized spacial score (nSPS) is 22.7. The smallest absolute Gasteiger partial charge is 0.0845 e. The average Bonchev–Trinajstić information content (AvgIpc) is 3.05. The van der Waals surface area contributed by atoms with Crippen LogP contribution in [0.2, 0.25) is 0 Å². The van der Waals surface area contributed by atoms with E-state index < -0.39 is 0 Å². The molecule has 4 rings (SSSR count). The lowest BCUT2D eigenvalue weighted by molar-refractivity contribution is 0.0881. The SMILES string of the molecule is Cc1c(C2CCC(c3ccccc3)(N(C)C)CC2)n(CC(O)CN(C)C)c2ccccc12. The van der Waals surface area contributed by atoms with Crippen molar-refractivity contribution in [2.24, 2.45) is 0 Å². The maximum absolute atomic E-state index is 10.8. The molecular weight excluding hydrogens is 394 g/mol. The lowest BCUT2D eigenvalue weighted by Gasteiger charge is -2.46. The quantitative estimate of drug-likeness (QED) is 0.570. The Morgan fingerprint density at radius 3 is 2.22 bits per heavy atom. The molecule has 0 amide bonds. The molecule has 1 atom stereocenters. The monoisotopic (exact) mass is 433 g/mol. The number of benzene rings is 2. The van der Waals surface area contributed by atoms with Crippen LogP contribution in [0.5, 0.6) is 0 Å². The second-order valence-electron chi connectivity index (χ2n) is 10.1. The van der Waals surface area contributed by atoms with Gasteiger partial charge in [0.25, 0.3) is 0 Å². The molecular formula is C28H39N3O. The fourth-order valence-corrected chi connectivity index (χ4v) is 6.02. The van der Waals surface area contributed by atoms with Crippen molar-refractivity contribution in [2.45, 2.75) is 56.7 Å². The average molecular weight is 434 g/mol. The molecule has 0 aliphatic heterocycles. The number of likely N-dealkylation sites (N-methyl/N-ethyl adjacent to an activating group) is 1. The predicted molar refractivity (Wildman–Crippen MR) is 134 cm³/mol. The summed E-state index contributed by atoms with van der Waals surface area (Å²) >= 11 is 0. The summed E-state index contributed by atoms with van der Waals surface area (Å²) in [6.07, 6.45) is 4.24. The lowest BCUT2D eigenvalue weighted by Crippen LogP contribution is -2.44. The van der Waals surface area contributed by atoms with Gasteiger partial charge >= 0.3 is 0 Å². The van der Waals surface area contributed by atoms with Crippen LogP contribution < -0.4 is 0 Å². The highest BCUT2D eigenvalue weighted by atomic mass is 16.3. The van der Waals surface area contributed by atoms with Crippen molar-refractivity contribution in [1.29, 1.82) is 0 Å². The Balaban J connectivity index is 1.67. The summed E-state index contributed by atoms with van der Waals surface area (Å²) in [5, 5.41) is 12.1. The van der Waals surface area contributed by atoms with Crippen LogP contribution in [-0.4, -0.2) is 60.3 Å². The summed E-state index contributed by atoms with van der Waals surface area (Å²) in [4.78, 5) is 4.50. The molecule has 2 aromatic carbocycles. The number of hydrogen-bond acceptors (Lipinski definition) is 3. The number of para-hydroxylation sites is 1. The van der Waals surface area contributed by atoms with Gasteiger partial charge < -0.3 is 14.6 Å². The fourth-order valence-electron chi connectivity index (χ4n) is 6.02. The van der Waals surface area contributed by atoms with Crippen LogP contribution in [0.4, 0.5) is 0 Å². The summed E-state index contributed by atoms with van der Waals surface area (Å²) in [6.45, 7) is 3.60. The highest BCUT2D eigenvalue weighted by Crippen LogP contribution is 2.47. The third-order valence-electron chi connectivity index (χ3n) is 7.61. The Morgan fingerprint density at radius 1 is 0.969 bits per heavy atom. The van der Waals surface area contributed by atoms with Crippen molar-refractivity contribution in [3.63, 3.8) is 0 Å². The number of aliphatic hydroxyl groups excluding tert-OH is 1. The van der Waals surface area contributed by atoms with E-state index in [-0.39, 0.29) is 11.6 Å². The zero-order valence-electron chi connectivity index (χ0n) is 20.4. The van der Waals surface area contributed by atoms with Gasteiger partial charge in [0.2, 0.25) is 0 Å². The van der Waals surface area contributed by atoms with Gasteiger partial charge in [-0.1, -0.05) is 48.5 Å². The van der Waals surface area contributed by atoms with Crippen molar-refractivity contribution in [1.82, 2.24) is 14.4 Å². The molecule has 32 heavy (non-hydrogen) atoms. The molecule has 1 saturated carbocycles. The van der Waals surface area contributed by atoms with Crippen molar-refractivity contribution < 1.29 is 5.11 Å². The van der Waals surface area contributed by atoms with E-state index in [1.54, 1.807) is 0 Å². The molecule has 1 aromatic heterocycles. The fraction of sp³-hybridized carbons (Fsp3) is 0.500. The van der Waals surface area contributed by atoms with Gasteiger partial charge in [-0.05, 0) is 83.9 Å². The number of aliphatic hydroxyl groups is 1. The van der Waals surface area contributed by atoms with Crippen LogP contribution in [0, 0.1) is 6.92 Å². The van der Waals surface area contributed by atoms with E-state index >= 15 is 0 Å². The van der Waals surface area contributed by atoms with Crippen molar-refractivity contribution in [3.05, 3.63) is 71.4 Å². The van der Waals surface area contributed by atoms with Gasteiger partial charge in [0.1, 0.15) is 0 Å². The van der Waals surface area contributed by atoms with Crippen LogP contribution in [-0.2, 0) is 12.1 Å². The molecule has 1 heterocycles. The number of rotatable bonds is 7. The Labute approximate surface area is 193 Å². The molecule has 1 unspecified atom stereocenters. The van der Waals surface area contributed by atoms with Gasteiger partial charge in [-0.2, -0.15) is 0 Å². The first-order valence-corrected chi connectivity index (χ1v) is 12.0. The minimum atomic E-state index is -0.382. The zero-order valence-corrected chi connectivity index (χ0v) is 20.4. The number of aryl methyl sites for hydroxylation is 1. The van der Waals surface area contributed by atoms with Gasteiger partial charge in [-0.3, -0.25) is 4.90 Å². The van der Waals surface area contributed by atoms with Crippen molar-refractivity contribution in [3.8, 4) is 0 Å². The van der Waals surface area contributed by atoms with Crippen molar-refractivity contribution >= 4 is 10.9 Å². The molecule has 0 spiro atoms. The van der Waals surface area contributed by atoms with Gasteiger partial charge in [0.15, 0.2) is 0 Å². The zero-order chi connectivity index (χ0) is 22.9. The topological polar surface area (TPSA) is 31.6 Å².